The van der Waals surface area contributed by atoms with Crippen molar-refractivity contribution in [3.63, 3.8) is 0 Å². The number of nitrogens with zero attached hydrogens (tertiary/aromatic N) is 3. The van der Waals surface area contributed by atoms with Gasteiger partial charge in [-0.25, -0.2) is 0 Å². The fourth-order valence-corrected chi connectivity index (χ4v) is 4.82. The van der Waals surface area contributed by atoms with Crippen LogP contribution in [0.4, 0.5) is 5.69 Å². The quantitative estimate of drug-likeness (QED) is 0.457. The lowest BCUT2D eigenvalue weighted by Gasteiger charge is -2.41. The van der Waals surface area contributed by atoms with Crippen LogP contribution in [0.2, 0.25) is 0 Å². The summed E-state index contributed by atoms with van der Waals surface area (Å²) < 4.78 is 1.79. The van der Waals surface area contributed by atoms with E-state index < -0.39 is 11.6 Å². The van der Waals surface area contributed by atoms with Gasteiger partial charge < -0.3 is 5.32 Å². The summed E-state index contributed by atoms with van der Waals surface area (Å²) in [6, 6.07) is 24.3. The van der Waals surface area contributed by atoms with Crippen LogP contribution in [0.3, 0.4) is 0 Å². The summed E-state index contributed by atoms with van der Waals surface area (Å²) in [6.07, 6.45) is 0.556. The molecule has 2 amide bonds. The Morgan fingerprint density at radius 3 is 2.29 bits per heavy atom. The molecule has 2 atom stereocenters. The molecule has 5 rings (SSSR count). The molecular weight excluding hydrogens is 436 g/mol. The van der Waals surface area contributed by atoms with E-state index in [2.05, 4.69) is 36.5 Å². The highest BCUT2D eigenvalue weighted by molar-refractivity contribution is 6.16. The minimum atomic E-state index is -0.771. The molecule has 0 fully saturated rings. The number of hydrogen-bond acceptors (Lipinski definition) is 3. The zero-order chi connectivity index (χ0) is 24.7. The number of benzene rings is 3. The van der Waals surface area contributed by atoms with Crippen LogP contribution in [-0.2, 0) is 11.2 Å². The lowest BCUT2D eigenvalue weighted by molar-refractivity contribution is -0.125. The van der Waals surface area contributed by atoms with Gasteiger partial charge in [-0.3, -0.25) is 19.2 Å². The van der Waals surface area contributed by atoms with Crippen LogP contribution in [0.25, 0.3) is 10.9 Å². The van der Waals surface area contributed by atoms with Crippen molar-refractivity contribution in [2.24, 2.45) is 0 Å². The van der Waals surface area contributed by atoms with Gasteiger partial charge in [-0.05, 0) is 57.9 Å². The number of carbonyl (C=O) groups is 2. The van der Waals surface area contributed by atoms with E-state index in [-0.39, 0.29) is 17.9 Å². The number of carbonyl (C=O) groups excluding carboxylic acids is 2. The van der Waals surface area contributed by atoms with Crippen LogP contribution in [0.1, 0.15) is 48.4 Å². The zero-order valence-electron chi connectivity index (χ0n) is 20.5. The Labute approximate surface area is 205 Å². The number of para-hydroxylation sites is 1. The molecule has 0 saturated carbocycles. The maximum absolute atomic E-state index is 14.1. The summed E-state index contributed by atoms with van der Waals surface area (Å²) >= 11 is 0. The van der Waals surface area contributed by atoms with Gasteiger partial charge >= 0.3 is 0 Å². The van der Waals surface area contributed by atoms with Crippen molar-refractivity contribution >= 4 is 28.4 Å². The summed E-state index contributed by atoms with van der Waals surface area (Å²) in [7, 11) is 0. The summed E-state index contributed by atoms with van der Waals surface area (Å²) in [4.78, 5) is 29.6. The van der Waals surface area contributed by atoms with E-state index >= 15 is 0 Å². The van der Waals surface area contributed by atoms with E-state index in [1.54, 1.807) is 9.58 Å². The third kappa shape index (κ3) is 4.32. The zero-order valence-corrected chi connectivity index (χ0v) is 20.5. The molecule has 1 aliphatic heterocycles. The highest BCUT2D eigenvalue weighted by Gasteiger charge is 2.46. The van der Waals surface area contributed by atoms with Crippen molar-refractivity contribution in [1.82, 2.24) is 15.1 Å². The molecule has 3 aromatic carbocycles. The molecule has 1 aromatic heterocycles. The standard InChI is InChI=1S/C29H30N4O2/c1-19-14-16-20(17-15-19)18-24-26(27(34)30-29(2,3)4)32(21-10-6-5-7-11-21)28(35)25-22-12-8-9-13-23(22)31-33(24)25/h5-17,24,26H,18H2,1-4H3,(H,30,34). The summed E-state index contributed by atoms with van der Waals surface area (Å²) in [5.74, 6) is -0.420. The van der Waals surface area contributed by atoms with Crippen LogP contribution < -0.4 is 10.2 Å². The second kappa shape index (κ2) is 8.69. The molecule has 178 valence electrons. The molecule has 0 aliphatic carbocycles. The Morgan fingerprint density at radius 1 is 0.943 bits per heavy atom. The third-order valence-corrected chi connectivity index (χ3v) is 6.35. The molecule has 0 bridgehead atoms. The van der Waals surface area contributed by atoms with Gasteiger partial charge in [0.1, 0.15) is 11.7 Å². The molecule has 0 radical (unpaired) electrons. The maximum atomic E-state index is 14.1. The fourth-order valence-electron chi connectivity index (χ4n) is 4.82. The van der Waals surface area contributed by atoms with Gasteiger partial charge in [0.2, 0.25) is 5.91 Å². The van der Waals surface area contributed by atoms with Crippen LogP contribution in [0.15, 0.2) is 78.9 Å². The SMILES string of the molecule is Cc1ccc(CC2C(C(=O)NC(C)(C)C)N(c3ccccc3)C(=O)c3c4ccccc4nn32)cc1. The van der Waals surface area contributed by atoms with Crippen molar-refractivity contribution in [2.75, 3.05) is 4.90 Å². The third-order valence-electron chi connectivity index (χ3n) is 6.35. The van der Waals surface area contributed by atoms with Gasteiger partial charge in [0, 0.05) is 16.6 Å². The van der Waals surface area contributed by atoms with E-state index in [1.165, 1.54) is 5.56 Å². The molecular formula is C29H30N4O2. The van der Waals surface area contributed by atoms with Gasteiger partial charge in [0.05, 0.1) is 11.6 Å². The predicted octanol–water partition coefficient (Wildman–Crippen LogP) is 5.07. The van der Waals surface area contributed by atoms with Gasteiger partial charge in [-0.15, -0.1) is 0 Å². The van der Waals surface area contributed by atoms with Gasteiger partial charge in [-0.2, -0.15) is 5.10 Å². The van der Waals surface area contributed by atoms with Crippen molar-refractivity contribution < 1.29 is 9.59 Å². The number of fused-ring (bicyclic) bond motifs is 3. The van der Waals surface area contributed by atoms with Crippen molar-refractivity contribution in [1.29, 1.82) is 0 Å². The second-order valence-electron chi connectivity index (χ2n) is 10.3. The highest BCUT2D eigenvalue weighted by Crippen LogP contribution is 2.37. The minimum Gasteiger partial charge on any atom is -0.350 e. The number of anilines is 1. The Hall–Kier alpha value is -3.93. The average Bonchev–Trinajstić information content (AvgIpc) is 3.21. The van der Waals surface area contributed by atoms with Crippen LogP contribution in [0.5, 0.6) is 0 Å². The van der Waals surface area contributed by atoms with Crippen LogP contribution in [-0.4, -0.2) is 33.2 Å². The number of nitrogens with one attached hydrogen (secondary N) is 1. The molecule has 6 heteroatoms. The molecule has 1 aliphatic rings. The highest BCUT2D eigenvalue weighted by atomic mass is 16.2. The summed E-state index contributed by atoms with van der Waals surface area (Å²) in [5.41, 5.74) is 3.76. The van der Waals surface area contributed by atoms with E-state index in [9.17, 15) is 9.59 Å². The number of hydrogen-bond donors (Lipinski definition) is 1. The Balaban J connectivity index is 1.73. The predicted molar refractivity (Wildman–Crippen MR) is 139 cm³/mol. The number of amides is 2. The Morgan fingerprint density at radius 2 is 1.60 bits per heavy atom. The molecule has 0 saturated heterocycles. The normalized spacial score (nSPS) is 17.9. The minimum absolute atomic E-state index is 0.197. The van der Waals surface area contributed by atoms with Gasteiger partial charge in [-0.1, -0.05) is 66.2 Å². The van der Waals surface area contributed by atoms with E-state index in [0.29, 0.717) is 17.8 Å². The van der Waals surface area contributed by atoms with E-state index in [1.807, 2.05) is 75.4 Å². The molecule has 0 spiro atoms. The fraction of sp³-hybridized carbons (Fsp3) is 0.276. The molecule has 1 N–H and O–H groups in total. The number of aromatic nitrogens is 2. The number of aryl methyl sites for hydroxylation is 1. The average molecular weight is 467 g/mol. The van der Waals surface area contributed by atoms with Crippen molar-refractivity contribution in [2.45, 2.75) is 51.7 Å². The van der Waals surface area contributed by atoms with E-state index in [4.69, 9.17) is 5.10 Å². The van der Waals surface area contributed by atoms with Crippen molar-refractivity contribution in [3.8, 4) is 0 Å². The molecule has 4 aromatic rings. The monoisotopic (exact) mass is 466 g/mol. The molecule has 2 heterocycles. The Bertz CT molecular complexity index is 1380. The lowest BCUT2D eigenvalue weighted by atomic mass is 9.92. The first-order chi connectivity index (χ1) is 16.7. The lowest BCUT2D eigenvalue weighted by Crippen LogP contribution is -2.60. The van der Waals surface area contributed by atoms with Gasteiger partial charge in [0.15, 0.2) is 0 Å². The maximum Gasteiger partial charge on any atom is 0.278 e. The Kier molecular flexibility index (Phi) is 5.67. The van der Waals surface area contributed by atoms with Crippen LogP contribution in [0, 0.1) is 6.92 Å². The first-order valence-corrected chi connectivity index (χ1v) is 12.0. The van der Waals surface area contributed by atoms with E-state index in [0.717, 1.165) is 16.5 Å². The van der Waals surface area contributed by atoms with Gasteiger partial charge in [0.25, 0.3) is 5.91 Å². The molecule has 35 heavy (non-hydrogen) atoms. The first kappa shape index (κ1) is 22.8. The molecule has 2 unspecified atom stereocenters. The smallest absolute Gasteiger partial charge is 0.278 e. The topological polar surface area (TPSA) is 67.2 Å². The van der Waals surface area contributed by atoms with Crippen molar-refractivity contribution in [3.05, 3.63) is 95.7 Å². The van der Waals surface area contributed by atoms with Crippen LogP contribution >= 0.6 is 0 Å². The first-order valence-electron chi connectivity index (χ1n) is 12.0. The number of rotatable bonds is 4. The second-order valence-corrected chi connectivity index (χ2v) is 10.3. The largest absolute Gasteiger partial charge is 0.350 e. The molecule has 6 nitrogen and oxygen atoms in total. The summed E-state index contributed by atoms with van der Waals surface area (Å²) in [5, 5.41) is 8.76. The summed E-state index contributed by atoms with van der Waals surface area (Å²) in [6.45, 7) is 7.90.